The number of ether oxygens (including phenoxy) is 2. The third kappa shape index (κ3) is 7.33. The van der Waals surface area contributed by atoms with Gasteiger partial charge in [-0.1, -0.05) is 6.07 Å². The van der Waals surface area contributed by atoms with Gasteiger partial charge in [-0.3, -0.25) is 4.79 Å². The third-order valence-corrected chi connectivity index (χ3v) is 6.46. The van der Waals surface area contributed by atoms with Crippen molar-refractivity contribution < 1.29 is 27.4 Å². The smallest absolute Gasteiger partial charge is 0.422 e. The number of hydrogen-bond acceptors (Lipinski definition) is 5. The quantitative estimate of drug-likeness (QED) is 0.652. The van der Waals surface area contributed by atoms with Gasteiger partial charge in [-0.2, -0.15) is 13.2 Å². The minimum absolute atomic E-state index is 0.0314. The molecule has 2 aliphatic heterocycles. The van der Waals surface area contributed by atoms with E-state index < -0.39 is 12.8 Å². The number of nitrogens with zero attached hydrogens (tertiary/aromatic N) is 2. The molecule has 9 heteroatoms. The van der Waals surface area contributed by atoms with Crippen molar-refractivity contribution >= 4 is 5.91 Å². The summed E-state index contributed by atoms with van der Waals surface area (Å²) >= 11 is 0. The molecule has 0 radical (unpaired) electrons. The number of nitrogens with one attached hydrogen (secondary N) is 1. The van der Waals surface area contributed by atoms with E-state index in [1.54, 1.807) is 0 Å². The van der Waals surface area contributed by atoms with E-state index in [4.69, 9.17) is 9.47 Å². The van der Waals surface area contributed by atoms with Gasteiger partial charge in [0.05, 0.1) is 18.8 Å². The normalized spacial score (nSPS) is 24.5. The number of halogens is 3. The Balaban J connectivity index is 1.16. The van der Waals surface area contributed by atoms with Gasteiger partial charge in [0, 0.05) is 44.2 Å². The molecule has 6 nitrogen and oxygen atoms in total. The van der Waals surface area contributed by atoms with Crippen molar-refractivity contribution in [3.05, 3.63) is 23.4 Å². The summed E-state index contributed by atoms with van der Waals surface area (Å²) in [5.74, 6) is 0.786. The van der Waals surface area contributed by atoms with Crippen molar-refractivity contribution in [2.75, 3.05) is 32.8 Å². The minimum Gasteiger partial charge on any atom is -0.468 e. The van der Waals surface area contributed by atoms with Crippen LogP contribution in [0.15, 0.2) is 12.1 Å². The van der Waals surface area contributed by atoms with Crippen LogP contribution in [0.4, 0.5) is 13.2 Å². The van der Waals surface area contributed by atoms with Gasteiger partial charge in [0.25, 0.3) is 0 Å². The molecule has 0 aromatic carbocycles. The molecule has 0 unspecified atom stereocenters. The van der Waals surface area contributed by atoms with Crippen LogP contribution >= 0.6 is 0 Å². The molecule has 1 aromatic heterocycles. The van der Waals surface area contributed by atoms with E-state index in [-0.39, 0.29) is 23.9 Å². The number of rotatable bonds is 8. The Morgan fingerprint density at radius 1 is 1.19 bits per heavy atom. The number of aromatic nitrogens is 1. The summed E-state index contributed by atoms with van der Waals surface area (Å²) in [6.45, 7) is 1.88. The third-order valence-electron chi connectivity index (χ3n) is 6.46. The standard InChI is InChI=1S/C23H32F3N3O3/c24-23(25,26)15-32-22-6-3-17-7-10-29(12-9-20(17)28-22)11-8-19-5-4-18(14-31-19)27-21(30)13-16-1-2-16/h3,6,16,18-19H,1-2,4-5,7-15H2,(H,27,30)/t18-,19+/m0/s1. The van der Waals surface area contributed by atoms with E-state index in [0.717, 1.165) is 56.6 Å². The molecular weight excluding hydrogens is 423 g/mol. The summed E-state index contributed by atoms with van der Waals surface area (Å²) in [5, 5.41) is 3.10. The van der Waals surface area contributed by atoms with Gasteiger partial charge in [0.1, 0.15) is 0 Å². The average molecular weight is 456 g/mol. The SMILES string of the molecule is O=C(CC1CC1)N[C@H]1CC[C@H](CCN2CCc3ccc(OCC(F)(F)F)nc3CC2)OC1. The van der Waals surface area contributed by atoms with Crippen molar-refractivity contribution in [2.45, 2.75) is 69.7 Å². The summed E-state index contributed by atoms with van der Waals surface area (Å²) in [7, 11) is 0. The highest BCUT2D eigenvalue weighted by Gasteiger charge is 2.29. The maximum atomic E-state index is 12.4. The van der Waals surface area contributed by atoms with E-state index in [0.29, 0.717) is 25.4 Å². The van der Waals surface area contributed by atoms with Crippen molar-refractivity contribution in [1.29, 1.82) is 0 Å². The van der Waals surface area contributed by atoms with Crippen LogP contribution in [-0.2, 0) is 22.4 Å². The summed E-state index contributed by atoms with van der Waals surface area (Å²) in [5.41, 5.74) is 1.90. The fourth-order valence-corrected chi connectivity index (χ4v) is 4.41. The monoisotopic (exact) mass is 455 g/mol. The molecule has 3 aliphatic rings. The van der Waals surface area contributed by atoms with E-state index >= 15 is 0 Å². The highest BCUT2D eigenvalue weighted by atomic mass is 19.4. The second-order valence-electron chi connectivity index (χ2n) is 9.23. The Bertz CT molecular complexity index is 777. The zero-order valence-electron chi connectivity index (χ0n) is 18.3. The summed E-state index contributed by atoms with van der Waals surface area (Å²) in [6, 6.07) is 3.49. The molecule has 3 heterocycles. The van der Waals surface area contributed by atoms with Gasteiger partial charge in [-0.05, 0) is 50.0 Å². The van der Waals surface area contributed by atoms with E-state index in [2.05, 4.69) is 15.2 Å². The number of pyridine rings is 1. The lowest BCUT2D eigenvalue weighted by atomic mass is 10.0. The van der Waals surface area contributed by atoms with E-state index in [9.17, 15) is 18.0 Å². The molecule has 178 valence electrons. The maximum Gasteiger partial charge on any atom is 0.422 e. The molecule has 0 bridgehead atoms. The van der Waals surface area contributed by atoms with Crippen molar-refractivity contribution in [3.63, 3.8) is 0 Å². The van der Waals surface area contributed by atoms with Crippen LogP contribution in [-0.4, -0.2) is 67.0 Å². The number of alkyl halides is 3. The molecule has 2 atom stereocenters. The van der Waals surface area contributed by atoms with Gasteiger partial charge in [0.2, 0.25) is 11.8 Å². The number of hydrogen-bond donors (Lipinski definition) is 1. The Morgan fingerprint density at radius 2 is 2.00 bits per heavy atom. The second kappa shape index (κ2) is 10.4. The van der Waals surface area contributed by atoms with Crippen LogP contribution in [0.2, 0.25) is 0 Å². The molecule has 1 saturated heterocycles. The molecule has 1 aliphatic carbocycles. The molecule has 2 fully saturated rings. The summed E-state index contributed by atoms with van der Waals surface area (Å²) in [4.78, 5) is 18.6. The number of fused-ring (bicyclic) bond motifs is 1. The summed E-state index contributed by atoms with van der Waals surface area (Å²) in [6.07, 6.45) is 3.21. The van der Waals surface area contributed by atoms with Crippen LogP contribution in [0.1, 0.15) is 49.8 Å². The molecule has 1 saturated carbocycles. The Kier molecular flexibility index (Phi) is 7.55. The Hall–Kier alpha value is -1.87. The van der Waals surface area contributed by atoms with Crippen molar-refractivity contribution in [1.82, 2.24) is 15.2 Å². The molecule has 1 amide bonds. The zero-order valence-corrected chi connectivity index (χ0v) is 18.3. The van der Waals surface area contributed by atoms with Gasteiger partial charge < -0.3 is 19.7 Å². The minimum atomic E-state index is -4.37. The average Bonchev–Trinajstić information content (AvgIpc) is 3.58. The largest absolute Gasteiger partial charge is 0.468 e. The lowest BCUT2D eigenvalue weighted by Gasteiger charge is -2.31. The highest BCUT2D eigenvalue weighted by molar-refractivity contribution is 5.76. The molecule has 4 rings (SSSR count). The van der Waals surface area contributed by atoms with Crippen LogP contribution < -0.4 is 10.1 Å². The highest BCUT2D eigenvalue weighted by Crippen LogP contribution is 2.32. The predicted molar refractivity (Wildman–Crippen MR) is 112 cm³/mol. The lowest BCUT2D eigenvalue weighted by Crippen LogP contribution is -2.43. The number of amides is 1. The van der Waals surface area contributed by atoms with E-state index in [1.165, 1.54) is 18.9 Å². The number of carbonyl (C=O) groups is 1. The second-order valence-corrected chi connectivity index (χ2v) is 9.23. The van der Waals surface area contributed by atoms with Gasteiger partial charge in [0.15, 0.2) is 6.61 Å². The van der Waals surface area contributed by atoms with Crippen molar-refractivity contribution in [2.24, 2.45) is 5.92 Å². The molecule has 32 heavy (non-hydrogen) atoms. The first-order chi connectivity index (χ1) is 15.3. The summed E-state index contributed by atoms with van der Waals surface area (Å²) < 4.78 is 47.9. The van der Waals surface area contributed by atoms with Gasteiger partial charge >= 0.3 is 6.18 Å². The van der Waals surface area contributed by atoms with Crippen LogP contribution in [0.25, 0.3) is 0 Å². The predicted octanol–water partition coefficient (Wildman–Crippen LogP) is 3.28. The van der Waals surface area contributed by atoms with Crippen LogP contribution in [0.3, 0.4) is 0 Å². The Morgan fingerprint density at radius 3 is 2.72 bits per heavy atom. The molecule has 0 spiro atoms. The molecular formula is C23H32F3N3O3. The number of carbonyl (C=O) groups excluding carboxylic acids is 1. The first-order valence-electron chi connectivity index (χ1n) is 11.7. The van der Waals surface area contributed by atoms with Gasteiger partial charge in [-0.15, -0.1) is 0 Å². The van der Waals surface area contributed by atoms with Gasteiger partial charge in [-0.25, -0.2) is 4.98 Å². The van der Waals surface area contributed by atoms with Crippen LogP contribution in [0, 0.1) is 5.92 Å². The maximum absolute atomic E-state index is 12.4. The van der Waals surface area contributed by atoms with E-state index in [1.807, 2.05) is 6.07 Å². The fourth-order valence-electron chi connectivity index (χ4n) is 4.41. The fraction of sp³-hybridized carbons (Fsp3) is 0.739. The molecule has 1 aromatic rings. The Labute approximate surface area is 186 Å². The molecule has 1 N–H and O–H groups in total. The lowest BCUT2D eigenvalue weighted by molar-refractivity contribution is -0.154. The van der Waals surface area contributed by atoms with Crippen LogP contribution in [0.5, 0.6) is 5.88 Å². The van der Waals surface area contributed by atoms with Crippen molar-refractivity contribution in [3.8, 4) is 5.88 Å². The first-order valence-corrected chi connectivity index (χ1v) is 11.7. The topological polar surface area (TPSA) is 63.7 Å². The zero-order chi connectivity index (χ0) is 22.6. The first kappa shape index (κ1) is 23.3.